The number of piperidine rings is 1. The van der Waals surface area contributed by atoms with Gasteiger partial charge in [0.15, 0.2) is 0 Å². The number of nitrogens with one attached hydrogen (secondary N) is 2. The molecular weight excluding hydrogens is 452 g/mol. The SMILES string of the molecule is C=C(C)OC1(CC)CCN(C(=N/C=C\C)/C(C)=N/C(=N\C)Nc2ccc3c(c2)NC(=O)C3(C)C)CC1. The van der Waals surface area contributed by atoms with Gasteiger partial charge in [-0.15, -0.1) is 0 Å². The van der Waals surface area contributed by atoms with Crippen molar-refractivity contribution in [3.63, 3.8) is 0 Å². The smallest absolute Gasteiger partial charge is 0.234 e. The van der Waals surface area contributed by atoms with Gasteiger partial charge >= 0.3 is 0 Å². The maximum atomic E-state index is 12.3. The minimum atomic E-state index is -0.540. The lowest BCUT2D eigenvalue weighted by atomic mass is 9.86. The first-order valence-corrected chi connectivity index (χ1v) is 12.6. The van der Waals surface area contributed by atoms with Crippen LogP contribution in [0.1, 0.15) is 66.4 Å². The maximum Gasteiger partial charge on any atom is 0.234 e. The average Bonchev–Trinajstić information content (AvgIpc) is 3.06. The van der Waals surface area contributed by atoms with E-state index in [-0.39, 0.29) is 11.5 Å². The molecule has 36 heavy (non-hydrogen) atoms. The zero-order chi connectivity index (χ0) is 26.5. The minimum Gasteiger partial charge on any atom is -0.492 e. The van der Waals surface area contributed by atoms with Crippen molar-refractivity contribution >= 4 is 34.8 Å². The molecule has 1 amide bonds. The Hall–Kier alpha value is -3.42. The number of carbonyl (C=O) groups is 1. The van der Waals surface area contributed by atoms with Gasteiger partial charge in [-0.2, -0.15) is 0 Å². The summed E-state index contributed by atoms with van der Waals surface area (Å²) >= 11 is 0. The molecule has 8 nitrogen and oxygen atoms in total. The summed E-state index contributed by atoms with van der Waals surface area (Å²) < 4.78 is 6.14. The number of guanidine groups is 1. The van der Waals surface area contributed by atoms with Gasteiger partial charge in [-0.05, 0) is 58.7 Å². The third-order valence-corrected chi connectivity index (χ3v) is 6.93. The number of fused-ring (bicyclic) bond motifs is 1. The van der Waals surface area contributed by atoms with Crippen LogP contribution in [0.25, 0.3) is 0 Å². The van der Waals surface area contributed by atoms with Crippen LogP contribution in [0.3, 0.4) is 0 Å². The summed E-state index contributed by atoms with van der Waals surface area (Å²) in [5.74, 6) is 2.05. The topological polar surface area (TPSA) is 90.7 Å². The lowest BCUT2D eigenvalue weighted by Gasteiger charge is -2.42. The summed E-state index contributed by atoms with van der Waals surface area (Å²) in [6.07, 6.45) is 6.43. The summed E-state index contributed by atoms with van der Waals surface area (Å²) in [6.45, 7) is 17.4. The van der Waals surface area contributed by atoms with E-state index < -0.39 is 5.41 Å². The second-order valence-corrected chi connectivity index (χ2v) is 9.97. The van der Waals surface area contributed by atoms with Gasteiger partial charge in [0, 0.05) is 50.6 Å². The molecule has 0 bridgehead atoms. The van der Waals surface area contributed by atoms with E-state index in [9.17, 15) is 4.79 Å². The van der Waals surface area contributed by atoms with Crippen molar-refractivity contribution in [1.29, 1.82) is 0 Å². The molecule has 1 aromatic rings. The highest BCUT2D eigenvalue weighted by Crippen LogP contribution is 2.38. The highest BCUT2D eigenvalue weighted by molar-refractivity contribution is 6.42. The fraction of sp³-hybridized carbons (Fsp3) is 0.500. The summed E-state index contributed by atoms with van der Waals surface area (Å²) in [6, 6.07) is 5.84. The van der Waals surface area contributed by atoms with Crippen molar-refractivity contribution in [3.8, 4) is 0 Å². The van der Waals surface area contributed by atoms with E-state index in [0.29, 0.717) is 5.96 Å². The van der Waals surface area contributed by atoms with Crippen LogP contribution >= 0.6 is 0 Å². The number of amidine groups is 1. The first kappa shape index (κ1) is 27.2. The largest absolute Gasteiger partial charge is 0.492 e. The van der Waals surface area contributed by atoms with Gasteiger partial charge in [0.25, 0.3) is 0 Å². The van der Waals surface area contributed by atoms with Gasteiger partial charge in [-0.3, -0.25) is 9.79 Å². The van der Waals surface area contributed by atoms with Crippen molar-refractivity contribution < 1.29 is 9.53 Å². The standard InChI is InChI=1S/C28H40N6O2/c1-9-15-30-24(34-16-13-28(10-2,14-17-34)36-19(3)4)20(5)31-26(29-8)32-21-11-12-22-23(18-21)33-25(35)27(22,6)7/h9,11-12,15,18H,3,10,13-14,16-17H2,1-2,4-8H3,(H,29,32)(H,33,35)/b15-9-,30-24+,31-20+. The molecule has 0 spiro atoms. The second kappa shape index (κ2) is 11.1. The van der Waals surface area contributed by atoms with Crippen LogP contribution in [0.15, 0.2) is 57.8 Å². The van der Waals surface area contributed by atoms with E-state index in [1.54, 1.807) is 13.2 Å². The molecule has 0 saturated carbocycles. The number of carbonyl (C=O) groups excluding carboxylic acids is 1. The molecule has 2 N–H and O–H groups in total. The van der Waals surface area contributed by atoms with Crippen LogP contribution < -0.4 is 10.6 Å². The molecule has 1 aromatic carbocycles. The average molecular weight is 493 g/mol. The Bertz CT molecular complexity index is 1120. The number of allylic oxidation sites excluding steroid dienone is 2. The molecule has 0 radical (unpaired) electrons. The van der Waals surface area contributed by atoms with Crippen molar-refractivity contribution in [3.05, 3.63) is 48.4 Å². The summed E-state index contributed by atoms with van der Waals surface area (Å²) in [7, 11) is 1.70. The molecule has 3 rings (SSSR count). The van der Waals surface area contributed by atoms with E-state index in [1.807, 2.05) is 58.9 Å². The quantitative estimate of drug-likeness (QED) is 0.312. The summed E-state index contributed by atoms with van der Waals surface area (Å²) in [4.78, 5) is 28.4. The molecule has 1 fully saturated rings. The molecule has 1 saturated heterocycles. The number of hydrogen-bond acceptors (Lipinski definition) is 4. The molecule has 2 aliphatic rings. The third kappa shape index (κ3) is 5.86. The number of aliphatic imine (C=N–C) groups is 3. The first-order valence-electron chi connectivity index (χ1n) is 12.6. The molecule has 2 heterocycles. The van der Waals surface area contributed by atoms with Gasteiger partial charge in [0.05, 0.1) is 16.9 Å². The van der Waals surface area contributed by atoms with Gasteiger partial charge in [0.1, 0.15) is 11.4 Å². The van der Waals surface area contributed by atoms with E-state index >= 15 is 0 Å². The van der Waals surface area contributed by atoms with Crippen molar-refractivity contribution in [2.24, 2.45) is 15.0 Å². The Morgan fingerprint density at radius 2 is 1.97 bits per heavy atom. The van der Waals surface area contributed by atoms with Crippen LogP contribution in [0.2, 0.25) is 0 Å². The third-order valence-electron chi connectivity index (χ3n) is 6.93. The number of anilines is 2. The predicted octanol–water partition coefficient (Wildman–Crippen LogP) is 5.50. The van der Waals surface area contributed by atoms with E-state index in [4.69, 9.17) is 14.7 Å². The molecule has 8 heteroatoms. The highest BCUT2D eigenvalue weighted by atomic mass is 16.5. The highest BCUT2D eigenvalue weighted by Gasteiger charge is 2.38. The lowest BCUT2D eigenvalue weighted by molar-refractivity contribution is -0.119. The maximum absolute atomic E-state index is 12.3. The molecule has 0 aliphatic carbocycles. The first-order chi connectivity index (χ1) is 17.0. The number of hydrogen-bond donors (Lipinski definition) is 2. The van der Waals surface area contributed by atoms with Crippen molar-refractivity contribution in [2.75, 3.05) is 30.8 Å². The number of benzene rings is 1. The number of ether oxygens (including phenoxy) is 1. The Balaban J connectivity index is 1.78. The molecule has 2 aliphatic heterocycles. The fourth-order valence-corrected chi connectivity index (χ4v) is 4.72. The molecule has 0 unspecified atom stereocenters. The zero-order valence-corrected chi connectivity index (χ0v) is 22.7. The zero-order valence-electron chi connectivity index (χ0n) is 22.7. The van der Waals surface area contributed by atoms with E-state index in [2.05, 4.69) is 34.0 Å². The molecular formula is C28H40N6O2. The minimum absolute atomic E-state index is 0.00000378. The number of nitrogens with zero attached hydrogens (tertiary/aromatic N) is 4. The Morgan fingerprint density at radius 3 is 2.56 bits per heavy atom. The van der Waals surface area contributed by atoms with Gasteiger partial charge in [0.2, 0.25) is 11.9 Å². The van der Waals surface area contributed by atoms with E-state index in [1.165, 1.54) is 0 Å². The Labute approximate surface area is 215 Å². The number of likely N-dealkylation sites (tertiary alicyclic amines) is 1. The Morgan fingerprint density at radius 1 is 1.28 bits per heavy atom. The van der Waals surface area contributed by atoms with Gasteiger partial charge in [-0.1, -0.05) is 25.6 Å². The number of amides is 1. The van der Waals surface area contributed by atoms with Crippen molar-refractivity contribution in [1.82, 2.24) is 4.90 Å². The summed E-state index contributed by atoms with van der Waals surface area (Å²) in [5.41, 5.74) is 2.65. The normalized spacial score (nSPS) is 19.8. The van der Waals surface area contributed by atoms with Crippen LogP contribution in [0.5, 0.6) is 0 Å². The Kier molecular flexibility index (Phi) is 8.38. The molecule has 0 aromatic heterocycles. The second-order valence-electron chi connectivity index (χ2n) is 9.97. The van der Waals surface area contributed by atoms with Crippen LogP contribution in [0.4, 0.5) is 11.4 Å². The lowest BCUT2D eigenvalue weighted by Crippen LogP contribution is -2.49. The molecule has 0 atom stereocenters. The van der Waals surface area contributed by atoms with Gasteiger partial charge < -0.3 is 20.3 Å². The summed E-state index contributed by atoms with van der Waals surface area (Å²) in [5, 5.41) is 6.24. The van der Waals surface area contributed by atoms with Crippen molar-refractivity contribution in [2.45, 2.75) is 71.8 Å². The van der Waals surface area contributed by atoms with Crippen LogP contribution in [-0.4, -0.2) is 54.1 Å². The van der Waals surface area contributed by atoms with Crippen LogP contribution in [-0.2, 0) is 14.9 Å². The van der Waals surface area contributed by atoms with E-state index in [0.717, 1.165) is 66.6 Å². The van der Waals surface area contributed by atoms with Crippen LogP contribution in [0, 0.1) is 0 Å². The van der Waals surface area contributed by atoms with Gasteiger partial charge in [-0.25, -0.2) is 9.98 Å². The number of rotatable bonds is 6. The molecule has 194 valence electrons. The predicted molar refractivity (Wildman–Crippen MR) is 150 cm³/mol. The fourth-order valence-electron chi connectivity index (χ4n) is 4.72. The monoisotopic (exact) mass is 492 g/mol.